The van der Waals surface area contributed by atoms with Crippen molar-refractivity contribution >= 4 is 11.6 Å². The van der Waals surface area contributed by atoms with Crippen LogP contribution in [-0.2, 0) is 0 Å². The second kappa shape index (κ2) is 5.97. The van der Waals surface area contributed by atoms with E-state index in [0.717, 1.165) is 24.0 Å². The van der Waals surface area contributed by atoms with Crippen LogP contribution in [0.1, 0.15) is 32.4 Å². The summed E-state index contributed by atoms with van der Waals surface area (Å²) in [5, 5.41) is 7.73. The van der Waals surface area contributed by atoms with Crippen molar-refractivity contribution in [1.82, 2.24) is 24.5 Å². The Morgan fingerprint density at radius 1 is 1.48 bits per heavy atom. The Morgan fingerprint density at radius 2 is 2.33 bits per heavy atom. The van der Waals surface area contributed by atoms with Crippen LogP contribution in [0.15, 0.2) is 12.4 Å². The van der Waals surface area contributed by atoms with Crippen molar-refractivity contribution in [1.29, 1.82) is 0 Å². The molecule has 1 N–H and O–H groups in total. The molecule has 0 bridgehead atoms. The van der Waals surface area contributed by atoms with Gasteiger partial charge in [0, 0.05) is 30.9 Å². The van der Waals surface area contributed by atoms with Crippen molar-refractivity contribution in [2.45, 2.75) is 39.7 Å². The number of nitrogens with one attached hydrogen (secondary N) is 1. The Hall–Kier alpha value is -1.69. The van der Waals surface area contributed by atoms with E-state index in [1.165, 1.54) is 25.9 Å². The minimum atomic E-state index is 0.514. The maximum atomic E-state index is 4.36. The molecule has 21 heavy (non-hydrogen) atoms. The number of rotatable bonds is 4. The molecule has 0 saturated carbocycles. The van der Waals surface area contributed by atoms with E-state index in [9.17, 15) is 0 Å². The second-order valence-corrected chi connectivity index (χ2v) is 6.23. The van der Waals surface area contributed by atoms with Gasteiger partial charge in [0.1, 0.15) is 12.1 Å². The quantitative estimate of drug-likeness (QED) is 0.932. The van der Waals surface area contributed by atoms with Gasteiger partial charge >= 0.3 is 0 Å². The third-order valence-electron chi connectivity index (χ3n) is 4.27. The molecule has 3 heterocycles. The number of hydrogen-bond acceptors (Lipinski definition) is 5. The predicted molar refractivity (Wildman–Crippen MR) is 83.4 cm³/mol. The lowest BCUT2D eigenvalue weighted by molar-refractivity contribution is 0.144. The molecular formula is C15H24N6. The van der Waals surface area contributed by atoms with Crippen molar-refractivity contribution in [3.05, 3.63) is 18.1 Å². The van der Waals surface area contributed by atoms with Gasteiger partial charge in [-0.15, -0.1) is 0 Å². The molecule has 3 rings (SSSR count). The first-order chi connectivity index (χ1) is 10.1. The van der Waals surface area contributed by atoms with Gasteiger partial charge in [-0.05, 0) is 39.2 Å². The third-order valence-corrected chi connectivity index (χ3v) is 4.27. The van der Waals surface area contributed by atoms with E-state index >= 15 is 0 Å². The third kappa shape index (κ3) is 3.15. The van der Waals surface area contributed by atoms with E-state index in [1.54, 1.807) is 10.8 Å². The predicted octanol–water partition coefficient (Wildman–Crippen LogP) is 1.97. The molecule has 2 atom stereocenters. The average Bonchev–Trinajstić information content (AvgIpc) is 2.92. The zero-order valence-electron chi connectivity index (χ0n) is 13.1. The Kier molecular flexibility index (Phi) is 4.05. The molecule has 6 heteroatoms. The summed E-state index contributed by atoms with van der Waals surface area (Å²) in [7, 11) is 0. The first-order valence-corrected chi connectivity index (χ1v) is 7.79. The first kappa shape index (κ1) is 14.3. The summed E-state index contributed by atoms with van der Waals surface area (Å²) in [6, 6.07) is 2.53. The van der Waals surface area contributed by atoms with Gasteiger partial charge in [-0.2, -0.15) is 14.6 Å². The molecule has 0 amide bonds. The lowest BCUT2D eigenvalue weighted by atomic mass is 9.99. The number of piperidine rings is 1. The van der Waals surface area contributed by atoms with Crippen molar-refractivity contribution in [3.8, 4) is 0 Å². The van der Waals surface area contributed by atoms with Gasteiger partial charge in [0.25, 0.3) is 5.78 Å². The van der Waals surface area contributed by atoms with Crippen LogP contribution in [0, 0.1) is 12.8 Å². The highest BCUT2D eigenvalue weighted by Crippen LogP contribution is 2.18. The largest absolute Gasteiger partial charge is 0.368 e. The van der Waals surface area contributed by atoms with Crippen molar-refractivity contribution < 1.29 is 0 Å². The van der Waals surface area contributed by atoms with Crippen molar-refractivity contribution in [2.24, 2.45) is 5.92 Å². The molecule has 0 aromatic carbocycles. The maximum Gasteiger partial charge on any atom is 0.254 e. The summed E-state index contributed by atoms with van der Waals surface area (Å²) >= 11 is 0. The molecule has 2 unspecified atom stereocenters. The van der Waals surface area contributed by atoms with Gasteiger partial charge in [0.2, 0.25) is 0 Å². The fraction of sp³-hybridized carbons (Fsp3) is 0.667. The van der Waals surface area contributed by atoms with E-state index < -0.39 is 0 Å². The SMILES string of the molecule is Cc1cc(NCC(C)N2CCCC(C)C2)n2ncnc2n1. The topological polar surface area (TPSA) is 58.4 Å². The van der Waals surface area contributed by atoms with Crippen LogP contribution in [0.4, 0.5) is 5.82 Å². The van der Waals surface area contributed by atoms with Gasteiger partial charge in [-0.1, -0.05) is 6.92 Å². The standard InChI is InChI=1S/C15H24N6/c1-11-5-4-6-20(9-11)13(3)8-16-14-7-12(2)19-15-17-10-18-21(14)15/h7,10-11,13,16H,4-6,8-9H2,1-3H3. The molecule has 0 aliphatic carbocycles. The summed E-state index contributed by atoms with van der Waals surface area (Å²) < 4.78 is 1.76. The second-order valence-electron chi connectivity index (χ2n) is 6.23. The van der Waals surface area contributed by atoms with E-state index in [-0.39, 0.29) is 0 Å². The minimum absolute atomic E-state index is 0.514. The Balaban J connectivity index is 1.67. The number of fused-ring (bicyclic) bond motifs is 1. The lowest BCUT2D eigenvalue weighted by Gasteiger charge is -2.35. The number of nitrogens with zero attached hydrogens (tertiary/aromatic N) is 5. The molecule has 1 fully saturated rings. The highest BCUT2D eigenvalue weighted by molar-refractivity contribution is 5.44. The Morgan fingerprint density at radius 3 is 3.14 bits per heavy atom. The number of likely N-dealkylation sites (tertiary alicyclic amines) is 1. The molecule has 6 nitrogen and oxygen atoms in total. The summed E-state index contributed by atoms with van der Waals surface area (Å²) in [4.78, 5) is 11.1. The van der Waals surface area contributed by atoms with Crippen LogP contribution in [0.3, 0.4) is 0 Å². The summed E-state index contributed by atoms with van der Waals surface area (Å²) in [5.74, 6) is 2.43. The Bertz CT molecular complexity index is 607. The summed E-state index contributed by atoms with van der Waals surface area (Å²) in [6.07, 6.45) is 4.22. The van der Waals surface area contributed by atoms with Gasteiger partial charge in [0.15, 0.2) is 0 Å². The lowest BCUT2D eigenvalue weighted by Crippen LogP contribution is -2.43. The van der Waals surface area contributed by atoms with E-state index in [0.29, 0.717) is 11.8 Å². The van der Waals surface area contributed by atoms with Crippen LogP contribution in [0.5, 0.6) is 0 Å². The summed E-state index contributed by atoms with van der Waals surface area (Å²) in [6.45, 7) is 9.94. The number of aryl methyl sites for hydroxylation is 1. The van der Waals surface area contributed by atoms with Crippen LogP contribution in [-0.4, -0.2) is 50.2 Å². The van der Waals surface area contributed by atoms with Crippen LogP contribution < -0.4 is 5.32 Å². The highest BCUT2D eigenvalue weighted by atomic mass is 15.4. The van der Waals surface area contributed by atoms with Gasteiger partial charge < -0.3 is 5.32 Å². The highest BCUT2D eigenvalue weighted by Gasteiger charge is 2.20. The molecule has 1 aliphatic heterocycles. The molecule has 2 aromatic rings. The smallest absolute Gasteiger partial charge is 0.254 e. The molecule has 0 radical (unpaired) electrons. The fourth-order valence-corrected chi connectivity index (χ4v) is 3.06. The van der Waals surface area contributed by atoms with Crippen molar-refractivity contribution in [3.63, 3.8) is 0 Å². The minimum Gasteiger partial charge on any atom is -0.368 e. The van der Waals surface area contributed by atoms with Crippen LogP contribution in [0.2, 0.25) is 0 Å². The molecule has 2 aromatic heterocycles. The first-order valence-electron chi connectivity index (χ1n) is 7.79. The van der Waals surface area contributed by atoms with Gasteiger partial charge in [-0.3, -0.25) is 4.90 Å². The zero-order chi connectivity index (χ0) is 14.8. The van der Waals surface area contributed by atoms with E-state index in [1.807, 2.05) is 13.0 Å². The maximum absolute atomic E-state index is 4.36. The van der Waals surface area contributed by atoms with Gasteiger partial charge in [0.05, 0.1) is 0 Å². The zero-order valence-corrected chi connectivity index (χ0v) is 13.1. The summed E-state index contributed by atoms with van der Waals surface area (Å²) in [5.41, 5.74) is 0.956. The molecular weight excluding hydrogens is 264 g/mol. The average molecular weight is 288 g/mol. The molecule has 1 saturated heterocycles. The van der Waals surface area contributed by atoms with Gasteiger partial charge in [-0.25, -0.2) is 4.98 Å². The molecule has 1 aliphatic rings. The van der Waals surface area contributed by atoms with E-state index in [4.69, 9.17) is 0 Å². The normalized spacial score (nSPS) is 21.6. The molecule has 114 valence electrons. The van der Waals surface area contributed by atoms with E-state index in [2.05, 4.69) is 39.1 Å². The van der Waals surface area contributed by atoms with Crippen LogP contribution in [0.25, 0.3) is 5.78 Å². The number of hydrogen-bond donors (Lipinski definition) is 1. The Labute approximate surface area is 125 Å². The number of anilines is 1. The molecule has 0 spiro atoms. The number of aromatic nitrogens is 4. The van der Waals surface area contributed by atoms with Crippen molar-refractivity contribution in [2.75, 3.05) is 25.0 Å². The fourth-order valence-electron chi connectivity index (χ4n) is 3.06. The van der Waals surface area contributed by atoms with Crippen LogP contribution >= 0.6 is 0 Å². The monoisotopic (exact) mass is 288 g/mol.